The van der Waals surface area contributed by atoms with Crippen LogP contribution in [-0.4, -0.2) is 17.1 Å². The minimum atomic E-state index is -0.902. The van der Waals surface area contributed by atoms with E-state index in [4.69, 9.17) is 19.7 Å². The van der Waals surface area contributed by atoms with E-state index in [0.29, 0.717) is 43.0 Å². The maximum atomic E-state index is 14.2. The number of halogens is 1. The average molecular weight is 616 g/mol. The normalized spacial score (nSPS) is 14.3. The number of thiazole rings is 1. The zero-order valence-corrected chi connectivity index (χ0v) is 25.0. The minimum absolute atomic E-state index is 0.129. The predicted octanol–water partition coefficient (Wildman–Crippen LogP) is 5.53. The molecular formula is C36H26FN3O4S. The Hall–Kier alpha value is -5.59. The average Bonchev–Trinajstić information content (AvgIpc) is 3.38. The number of aromatic nitrogens is 1. The molecule has 0 amide bonds. The highest BCUT2D eigenvalue weighted by Gasteiger charge is 2.35. The summed E-state index contributed by atoms with van der Waals surface area (Å²) in [4.78, 5) is 32.9. The number of rotatable bonds is 8. The number of benzene rings is 4. The van der Waals surface area contributed by atoms with Crippen LogP contribution in [0, 0.1) is 17.1 Å². The Morgan fingerprint density at radius 3 is 2.42 bits per heavy atom. The second-order valence-corrected chi connectivity index (χ2v) is 11.1. The number of nitriles is 1. The van der Waals surface area contributed by atoms with E-state index in [0.717, 1.165) is 5.56 Å². The van der Waals surface area contributed by atoms with Crippen molar-refractivity contribution in [3.63, 3.8) is 0 Å². The van der Waals surface area contributed by atoms with Gasteiger partial charge in [0.2, 0.25) is 0 Å². The van der Waals surface area contributed by atoms with Gasteiger partial charge >= 0.3 is 5.97 Å². The van der Waals surface area contributed by atoms with Gasteiger partial charge in [-0.2, -0.15) is 5.26 Å². The minimum Gasteiger partial charge on any atom is -0.488 e. The lowest BCUT2D eigenvalue weighted by atomic mass is 9.93. The van der Waals surface area contributed by atoms with Gasteiger partial charge < -0.3 is 9.47 Å². The van der Waals surface area contributed by atoms with E-state index in [9.17, 15) is 14.0 Å². The molecule has 1 atom stereocenters. The van der Waals surface area contributed by atoms with Crippen molar-refractivity contribution in [1.29, 1.82) is 5.26 Å². The molecule has 9 heteroatoms. The zero-order chi connectivity index (χ0) is 31.3. The summed E-state index contributed by atoms with van der Waals surface area (Å²) in [5.74, 6) is -0.473. The van der Waals surface area contributed by atoms with Crippen molar-refractivity contribution in [2.24, 2.45) is 4.99 Å². The van der Waals surface area contributed by atoms with E-state index in [1.54, 1.807) is 37.3 Å². The smallest absolute Gasteiger partial charge is 0.338 e. The Morgan fingerprint density at radius 2 is 1.71 bits per heavy atom. The first-order chi connectivity index (χ1) is 22.0. The van der Waals surface area contributed by atoms with Crippen LogP contribution in [0.2, 0.25) is 0 Å². The molecule has 45 heavy (non-hydrogen) atoms. The van der Waals surface area contributed by atoms with Gasteiger partial charge in [0.1, 0.15) is 18.2 Å². The van der Waals surface area contributed by atoms with E-state index >= 15 is 0 Å². The molecule has 2 heterocycles. The third-order valence-electron chi connectivity index (χ3n) is 7.24. The Morgan fingerprint density at radius 1 is 1.00 bits per heavy atom. The van der Waals surface area contributed by atoms with E-state index < -0.39 is 17.8 Å². The van der Waals surface area contributed by atoms with Crippen molar-refractivity contribution >= 4 is 29.1 Å². The van der Waals surface area contributed by atoms with Gasteiger partial charge in [-0.3, -0.25) is 9.36 Å². The summed E-state index contributed by atoms with van der Waals surface area (Å²) in [7, 11) is 0. The van der Waals surface area contributed by atoms with E-state index in [1.807, 2.05) is 66.7 Å². The first kappa shape index (κ1) is 29.5. The molecule has 1 aromatic heterocycles. The number of para-hydroxylation sites is 1. The van der Waals surface area contributed by atoms with Crippen LogP contribution in [0.4, 0.5) is 4.39 Å². The van der Waals surface area contributed by atoms with E-state index in [1.165, 1.54) is 28.0 Å². The second-order valence-electron chi connectivity index (χ2n) is 10.1. The van der Waals surface area contributed by atoms with E-state index in [2.05, 4.69) is 6.07 Å². The van der Waals surface area contributed by atoms with Gasteiger partial charge in [0.05, 0.1) is 40.1 Å². The molecule has 7 nitrogen and oxygen atoms in total. The second kappa shape index (κ2) is 13.0. The van der Waals surface area contributed by atoms with Gasteiger partial charge in [0, 0.05) is 11.1 Å². The molecule has 1 aliphatic heterocycles. The molecule has 0 saturated carbocycles. The van der Waals surface area contributed by atoms with Gasteiger partial charge in [-0.05, 0) is 54.5 Å². The van der Waals surface area contributed by atoms with Crippen LogP contribution in [0.25, 0.3) is 11.8 Å². The maximum Gasteiger partial charge on any atom is 0.338 e. The quantitative estimate of drug-likeness (QED) is 0.214. The molecule has 0 radical (unpaired) electrons. The maximum absolute atomic E-state index is 14.2. The van der Waals surface area contributed by atoms with Crippen LogP contribution < -0.4 is 19.6 Å². The Labute approximate surface area is 262 Å². The largest absolute Gasteiger partial charge is 0.488 e. The number of fused-ring (bicyclic) bond motifs is 1. The molecule has 6 rings (SSSR count). The van der Waals surface area contributed by atoms with Gasteiger partial charge in [-0.1, -0.05) is 84.1 Å². The monoisotopic (exact) mass is 615 g/mol. The van der Waals surface area contributed by atoms with Crippen LogP contribution in [0.15, 0.2) is 118 Å². The van der Waals surface area contributed by atoms with Crippen molar-refractivity contribution in [2.75, 3.05) is 6.61 Å². The lowest BCUT2D eigenvalue weighted by Crippen LogP contribution is -2.40. The number of hydrogen-bond donors (Lipinski definition) is 0. The first-order valence-electron chi connectivity index (χ1n) is 14.2. The zero-order valence-electron chi connectivity index (χ0n) is 24.1. The molecule has 0 saturated heterocycles. The lowest BCUT2D eigenvalue weighted by Gasteiger charge is -2.25. The van der Waals surface area contributed by atoms with Crippen molar-refractivity contribution < 1.29 is 18.7 Å². The lowest BCUT2D eigenvalue weighted by molar-refractivity contribution is -0.138. The van der Waals surface area contributed by atoms with Crippen molar-refractivity contribution in [3.8, 4) is 11.8 Å². The molecule has 0 spiro atoms. The highest BCUT2D eigenvalue weighted by molar-refractivity contribution is 7.07. The summed E-state index contributed by atoms with van der Waals surface area (Å²) in [6.45, 7) is 2.11. The number of esters is 1. The van der Waals surface area contributed by atoms with Gasteiger partial charge in [0.25, 0.3) is 5.56 Å². The molecule has 0 unspecified atom stereocenters. The third kappa shape index (κ3) is 6.09. The van der Waals surface area contributed by atoms with Crippen molar-refractivity contribution in [3.05, 3.63) is 162 Å². The third-order valence-corrected chi connectivity index (χ3v) is 8.23. The molecule has 0 bridgehead atoms. The van der Waals surface area contributed by atoms with Crippen molar-refractivity contribution in [1.82, 2.24) is 4.57 Å². The topological polar surface area (TPSA) is 93.7 Å². The van der Waals surface area contributed by atoms with Crippen LogP contribution in [0.5, 0.6) is 5.75 Å². The highest BCUT2D eigenvalue weighted by atomic mass is 32.1. The van der Waals surface area contributed by atoms with Gasteiger partial charge in [-0.25, -0.2) is 14.2 Å². The van der Waals surface area contributed by atoms with Crippen molar-refractivity contribution in [2.45, 2.75) is 19.6 Å². The summed E-state index contributed by atoms with van der Waals surface area (Å²) in [5.41, 5.74) is 3.60. The van der Waals surface area contributed by atoms with Crippen LogP contribution >= 0.6 is 11.3 Å². The number of hydrogen-bond acceptors (Lipinski definition) is 7. The molecule has 0 aliphatic carbocycles. The number of ether oxygens (including phenoxy) is 2. The fourth-order valence-corrected chi connectivity index (χ4v) is 6.10. The highest BCUT2D eigenvalue weighted by Crippen LogP contribution is 2.35. The Kier molecular flexibility index (Phi) is 8.49. The van der Waals surface area contributed by atoms with Gasteiger partial charge in [-0.15, -0.1) is 0 Å². The fourth-order valence-electron chi connectivity index (χ4n) is 5.11. The number of carbonyl (C=O) groups excluding carboxylic acids is 1. The molecule has 4 aromatic carbocycles. The van der Waals surface area contributed by atoms with E-state index in [-0.39, 0.29) is 24.3 Å². The Bertz CT molecular complexity index is 2130. The number of carbonyl (C=O) groups is 1. The number of nitrogens with zero attached hydrogens (tertiary/aromatic N) is 3. The summed E-state index contributed by atoms with van der Waals surface area (Å²) in [6.07, 6.45) is 1.75. The molecule has 0 N–H and O–H groups in total. The molecular weight excluding hydrogens is 589 g/mol. The summed E-state index contributed by atoms with van der Waals surface area (Å²) >= 11 is 1.19. The molecule has 0 fully saturated rings. The summed E-state index contributed by atoms with van der Waals surface area (Å²) in [5, 5.41) is 9.07. The van der Waals surface area contributed by atoms with Crippen LogP contribution in [0.1, 0.15) is 40.8 Å². The summed E-state index contributed by atoms with van der Waals surface area (Å²) < 4.78 is 27.5. The summed E-state index contributed by atoms with van der Waals surface area (Å²) in [6, 6.07) is 30.7. The Balaban J connectivity index is 1.50. The SMILES string of the molecule is CCOC(=O)C1=C(c2ccccc2)N=c2s/c(=C\c3ccccc3OCc3ccc(C#N)cc3)c(=O)n2[C@@H]1c1ccc(F)cc1. The molecule has 5 aromatic rings. The van der Waals surface area contributed by atoms with Gasteiger partial charge in [0.15, 0.2) is 4.80 Å². The molecule has 222 valence electrons. The van der Waals surface area contributed by atoms with Crippen LogP contribution in [0.3, 0.4) is 0 Å². The van der Waals surface area contributed by atoms with Crippen LogP contribution in [-0.2, 0) is 16.1 Å². The fraction of sp³-hybridized carbons (Fsp3) is 0.111. The predicted molar refractivity (Wildman–Crippen MR) is 169 cm³/mol. The standard InChI is InChI=1S/C36H26FN3O4S/c1-2-43-35(42)31-32(25-8-4-3-5-9-25)39-36-40(33(31)26-16-18-28(37)19-17-26)34(41)30(45-36)20-27-10-6-7-11-29(27)44-22-24-14-12-23(21-38)13-15-24/h3-20,33H,2,22H2,1H3/b30-20-/t33-/m1/s1. The molecule has 1 aliphatic rings. The first-order valence-corrected chi connectivity index (χ1v) is 15.0.